The van der Waals surface area contributed by atoms with Gasteiger partial charge in [0.25, 0.3) is 5.56 Å². The molecule has 0 aliphatic carbocycles. The zero-order chi connectivity index (χ0) is 13.1. The molecule has 0 atom stereocenters. The minimum absolute atomic E-state index is 0.0124. The molecule has 0 fully saturated rings. The Kier molecular flexibility index (Phi) is 4.01. The van der Waals surface area contributed by atoms with Crippen molar-refractivity contribution in [3.63, 3.8) is 0 Å². The highest BCUT2D eigenvalue weighted by molar-refractivity contribution is 6.41. The molecule has 1 aromatic carbocycles. The van der Waals surface area contributed by atoms with Crippen molar-refractivity contribution < 1.29 is 0 Å². The second-order valence-corrected chi connectivity index (χ2v) is 4.58. The molecule has 1 heterocycles. The molecule has 0 spiro atoms. The summed E-state index contributed by atoms with van der Waals surface area (Å²) in [5.74, 6) is 0. The molecule has 2 rings (SSSR count). The fraction of sp³-hybridized carbons (Fsp3) is 0.167. The summed E-state index contributed by atoms with van der Waals surface area (Å²) in [5, 5.41) is 4.09. The number of nitrogens with zero attached hydrogens (tertiary/aromatic N) is 2. The quantitative estimate of drug-likeness (QED) is 0.938. The number of halogens is 2. The molecule has 2 N–H and O–H groups in total. The highest BCUT2D eigenvalue weighted by Gasteiger charge is 2.07. The predicted octanol–water partition coefficient (Wildman–Crippen LogP) is 2.06. The van der Waals surface area contributed by atoms with Gasteiger partial charge in [0.1, 0.15) is 5.02 Å². The first-order chi connectivity index (χ1) is 8.61. The Balaban J connectivity index is 2.34. The Labute approximate surface area is 114 Å². The zero-order valence-corrected chi connectivity index (χ0v) is 10.9. The molecule has 18 heavy (non-hydrogen) atoms. The lowest BCUT2D eigenvalue weighted by Crippen LogP contribution is -2.23. The first-order valence-corrected chi connectivity index (χ1v) is 6.06. The lowest BCUT2D eigenvalue weighted by molar-refractivity contribution is 0.638. The molecule has 0 amide bonds. The maximum absolute atomic E-state index is 11.8. The van der Waals surface area contributed by atoms with E-state index in [4.69, 9.17) is 28.9 Å². The van der Waals surface area contributed by atoms with Gasteiger partial charge < -0.3 is 5.73 Å². The van der Waals surface area contributed by atoms with E-state index in [0.29, 0.717) is 13.1 Å². The van der Waals surface area contributed by atoms with Gasteiger partial charge in [-0.15, -0.1) is 0 Å². The minimum atomic E-state index is -0.401. The van der Waals surface area contributed by atoms with Crippen molar-refractivity contribution >= 4 is 23.2 Å². The van der Waals surface area contributed by atoms with Gasteiger partial charge in [0, 0.05) is 6.54 Å². The Hall–Kier alpha value is -1.36. The molecule has 0 bridgehead atoms. The normalized spacial score (nSPS) is 10.6. The van der Waals surface area contributed by atoms with Crippen LogP contribution in [-0.4, -0.2) is 9.78 Å². The smallest absolute Gasteiger partial charge is 0.287 e. The van der Waals surface area contributed by atoms with E-state index in [0.717, 1.165) is 11.1 Å². The molecule has 0 radical (unpaired) electrons. The third-order valence-corrected chi connectivity index (χ3v) is 3.25. The van der Waals surface area contributed by atoms with Crippen LogP contribution in [0.2, 0.25) is 10.0 Å². The van der Waals surface area contributed by atoms with Gasteiger partial charge in [0.2, 0.25) is 0 Å². The van der Waals surface area contributed by atoms with Crippen molar-refractivity contribution in [2.45, 2.75) is 13.1 Å². The van der Waals surface area contributed by atoms with E-state index < -0.39 is 5.56 Å². The highest BCUT2D eigenvalue weighted by Crippen LogP contribution is 2.15. The Morgan fingerprint density at radius 1 is 1.28 bits per heavy atom. The Bertz CT molecular complexity index is 625. The van der Waals surface area contributed by atoms with Gasteiger partial charge in [0.15, 0.2) is 0 Å². The average molecular weight is 284 g/mol. The Morgan fingerprint density at radius 3 is 2.72 bits per heavy atom. The van der Waals surface area contributed by atoms with Crippen LogP contribution in [0.4, 0.5) is 0 Å². The summed E-state index contributed by atoms with van der Waals surface area (Å²) < 4.78 is 1.27. The molecular weight excluding hydrogens is 273 g/mol. The van der Waals surface area contributed by atoms with E-state index in [1.807, 2.05) is 24.3 Å². The van der Waals surface area contributed by atoms with Crippen LogP contribution >= 0.6 is 23.2 Å². The monoisotopic (exact) mass is 283 g/mol. The minimum Gasteiger partial charge on any atom is -0.326 e. The number of nitrogens with two attached hydrogens (primary N) is 1. The number of hydrogen-bond acceptors (Lipinski definition) is 3. The molecule has 4 nitrogen and oxygen atoms in total. The van der Waals surface area contributed by atoms with Crippen LogP contribution in [0.15, 0.2) is 35.3 Å². The van der Waals surface area contributed by atoms with Crippen LogP contribution in [0.5, 0.6) is 0 Å². The van der Waals surface area contributed by atoms with Gasteiger partial charge in [-0.3, -0.25) is 4.79 Å². The number of aromatic nitrogens is 2. The second-order valence-electron chi connectivity index (χ2n) is 3.79. The van der Waals surface area contributed by atoms with Crippen LogP contribution in [-0.2, 0) is 13.1 Å². The fourth-order valence-corrected chi connectivity index (χ4v) is 1.86. The van der Waals surface area contributed by atoms with Gasteiger partial charge in [-0.05, 0) is 11.1 Å². The zero-order valence-electron chi connectivity index (χ0n) is 9.44. The largest absolute Gasteiger partial charge is 0.326 e. The topological polar surface area (TPSA) is 60.9 Å². The van der Waals surface area contributed by atoms with Crippen molar-refractivity contribution in [3.8, 4) is 0 Å². The van der Waals surface area contributed by atoms with Crippen molar-refractivity contribution in [2.24, 2.45) is 5.73 Å². The molecule has 0 unspecified atom stereocenters. The van der Waals surface area contributed by atoms with Crippen LogP contribution in [0.3, 0.4) is 0 Å². The summed E-state index contributed by atoms with van der Waals surface area (Å²) in [5.41, 5.74) is 7.10. The molecule has 94 valence electrons. The molecule has 6 heteroatoms. The lowest BCUT2D eigenvalue weighted by Gasteiger charge is -2.06. The molecule has 0 saturated carbocycles. The molecule has 0 saturated heterocycles. The van der Waals surface area contributed by atoms with Crippen LogP contribution < -0.4 is 11.3 Å². The van der Waals surface area contributed by atoms with E-state index in [2.05, 4.69) is 5.10 Å². The van der Waals surface area contributed by atoms with E-state index >= 15 is 0 Å². The maximum atomic E-state index is 11.8. The molecular formula is C12H11Cl2N3O. The number of rotatable bonds is 3. The van der Waals surface area contributed by atoms with E-state index in [9.17, 15) is 4.79 Å². The summed E-state index contributed by atoms with van der Waals surface area (Å²) in [6, 6.07) is 7.64. The summed E-state index contributed by atoms with van der Waals surface area (Å²) in [6.45, 7) is 0.793. The van der Waals surface area contributed by atoms with E-state index in [1.54, 1.807) is 0 Å². The summed E-state index contributed by atoms with van der Waals surface area (Å²) in [4.78, 5) is 11.8. The lowest BCUT2D eigenvalue weighted by atomic mass is 10.1. The number of hydrogen-bond donors (Lipinski definition) is 1. The van der Waals surface area contributed by atoms with Gasteiger partial charge in [-0.2, -0.15) is 5.10 Å². The van der Waals surface area contributed by atoms with Gasteiger partial charge in [0.05, 0.1) is 17.8 Å². The van der Waals surface area contributed by atoms with Gasteiger partial charge in [-0.1, -0.05) is 47.5 Å². The van der Waals surface area contributed by atoms with Crippen molar-refractivity contribution in [2.75, 3.05) is 0 Å². The third kappa shape index (κ3) is 2.72. The summed E-state index contributed by atoms with van der Waals surface area (Å²) >= 11 is 11.5. The van der Waals surface area contributed by atoms with Gasteiger partial charge >= 0.3 is 0 Å². The Morgan fingerprint density at radius 2 is 2.00 bits per heavy atom. The predicted molar refractivity (Wildman–Crippen MR) is 72.0 cm³/mol. The van der Waals surface area contributed by atoms with Crippen molar-refractivity contribution in [1.82, 2.24) is 9.78 Å². The SMILES string of the molecule is NCc1cccc(Cn2ncc(Cl)c(Cl)c2=O)c1. The van der Waals surface area contributed by atoms with Crippen molar-refractivity contribution in [1.29, 1.82) is 0 Å². The van der Waals surface area contributed by atoms with Gasteiger partial charge in [-0.25, -0.2) is 4.68 Å². The average Bonchev–Trinajstić information content (AvgIpc) is 2.40. The van der Waals surface area contributed by atoms with Crippen molar-refractivity contribution in [3.05, 3.63) is 62.0 Å². The first kappa shape index (κ1) is 13.1. The summed E-state index contributed by atoms with van der Waals surface area (Å²) in [7, 11) is 0. The fourth-order valence-electron chi connectivity index (χ4n) is 1.59. The van der Waals surface area contributed by atoms with Crippen LogP contribution in [0.25, 0.3) is 0 Å². The van der Waals surface area contributed by atoms with E-state index in [-0.39, 0.29) is 10.0 Å². The third-order valence-electron chi connectivity index (χ3n) is 2.50. The van der Waals surface area contributed by atoms with Crippen LogP contribution in [0.1, 0.15) is 11.1 Å². The molecule has 2 aromatic rings. The number of benzene rings is 1. The standard InChI is InChI=1S/C12H11Cl2N3O/c13-10-6-16-17(12(18)11(10)14)7-9-3-1-2-8(4-9)5-15/h1-4,6H,5,7,15H2. The van der Waals surface area contributed by atoms with E-state index in [1.165, 1.54) is 10.9 Å². The molecule has 1 aromatic heterocycles. The maximum Gasteiger partial charge on any atom is 0.287 e. The summed E-state index contributed by atoms with van der Waals surface area (Å²) in [6.07, 6.45) is 1.36. The molecule has 0 aliphatic heterocycles. The highest BCUT2D eigenvalue weighted by atomic mass is 35.5. The molecule has 0 aliphatic rings. The van der Waals surface area contributed by atoms with Crippen LogP contribution in [0, 0.1) is 0 Å². The first-order valence-electron chi connectivity index (χ1n) is 5.31. The second kappa shape index (κ2) is 5.52.